The van der Waals surface area contributed by atoms with Crippen molar-refractivity contribution in [3.8, 4) is 0 Å². The first kappa shape index (κ1) is 16.0. The van der Waals surface area contributed by atoms with E-state index in [2.05, 4.69) is 11.2 Å². The van der Waals surface area contributed by atoms with Gasteiger partial charge in [0.05, 0.1) is 16.3 Å². The van der Waals surface area contributed by atoms with E-state index in [4.69, 9.17) is 0 Å². The number of hydrazone groups is 1. The van der Waals surface area contributed by atoms with Crippen LogP contribution in [0.25, 0.3) is 0 Å². The zero-order valence-electron chi connectivity index (χ0n) is 13.8. The van der Waals surface area contributed by atoms with E-state index >= 15 is 0 Å². The minimum atomic E-state index is -3.34. The number of benzene rings is 2. The van der Waals surface area contributed by atoms with Crippen LogP contribution in [0.5, 0.6) is 0 Å². The lowest BCUT2D eigenvalue weighted by Gasteiger charge is -2.33. The number of sulfone groups is 1. The van der Waals surface area contributed by atoms with Crippen molar-refractivity contribution in [3.05, 3.63) is 59.7 Å². The number of fused-ring (bicyclic) bond motifs is 3. The maximum atomic E-state index is 12.6. The topological polar surface area (TPSA) is 66.8 Å². The highest BCUT2D eigenvalue weighted by molar-refractivity contribution is 7.90. The molecular formula is C19H18N2O3S. The highest BCUT2D eigenvalue weighted by Gasteiger charge is 2.34. The molecule has 5 nitrogen and oxygen atoms in total. The molecule has 1 aliphatic carbocycles. The van der Waals surface area contributed by atoms with Crippen LogP contribution in [0.2, 0.25) is 0 Å². The largest absolute Gasteiger partial charge is 0.273 e. The van der Waals surface area contributed by atoms with E-state index in [1.54, 1.807) is 12.1 Å². The van der Waals surface area contributed by atoms with E-state index in [-0.39, 0.29) is 16.7 Å². The minimum absolute atomic E-state index is 0.0983. The van der Waals surface area contributed by atoms with Crippen LogP contribution in [0.3, 0.4) is 0 Å². The average Bonchev–Trinajstić information content (AvgIpc) is 2.60. The molecule has 25 heavy (non-hydrogen) atoms. The molecule has 1 amide bonds. The number of anilines is 1. The van der Waals surface area contributed by atoms with Crippen molar-refractivity contribution in [2.45, 2.75) is 24.2 Å². The van der Waals surface area contributed by atoms with Gasteiger partial charge in [0, 0.05) is 24.2 Å². The molecule has 0 saturated heterocycles. The standard InChI is InChI=1S/C19H18N2O3S/c1-25(23,24)16-7-4-6-15(12-16)21-18(22)11-14-10-9-13-5-2-3-8-17(13)19(14)20-21/h2-8,12,14H,9-11H2,1H3. The number of hydrogen-bond donors (Lipinski definition) is 0. The SMILES string of the molecule is CS(=O)(=O)c1cccc(N2N=C3c4ccccc4CCC3CC2=O)c1. The molecule has 2 aromatic carbocycles. The summed E-state index contributed by atoms with van der Waals surface area (Å²) in [6, 6.07) is 14.5. The summed E-state index contributed by atoms with van der Waals surface area (Å²) in [5.74, 6) is 0.0375. The number of carbonyl (C=O) groups excluding carboxylic acids is 1. The van der Waals surface area contributed by atoms with Crippen molar-refractivity contribution >= 4 is 27.1 Å². The molecule has 0 fully saturated rings. The molecule has 4 rings (SSSR count). The van der Waals surface area contributed by atoms with Gasteiger partial charge in [0.1, 0.15) is 0 Å². The van der Waals surface area contributed by atoms with E-state index in [9.17, 15) is 13.2 Å². The van der Waals surface area contributed by atoms with Crippen LogP contribution in [0.15, 0.2) is 58.5 Å². The number of nitrogens with zero attached hydrogens (tertiary/aromatic N) is 2. The molecule has 0 radical (unpaired) electrons. The molecule has 0 saturated carbocycles. The molecule has 1 heterocycles. The van der Waals surface area contributed by atoms with Gasteiger partial charge in [-0.1, -0.05) is 30.3 Å². The zero-order valence-corrected chi connectivity index (χ0v) is 14.7. The summed E-state index contributed by atoms with van der Waals surface area (Å²) in [6.45, 7) is 0. The van der Waals surface area contributed by atoms with Gasteiger partial charge < -0.3 is 0 Å². The molecule has 6 heteroatoms. The average molecular weight is 354 g/mol. The van der Waals surface area contributed by atoms with Gasteiger partial charge in [-0.05, 0) is 36.6 Å². The van der Waals surface area contributed by atoms with E-state index in [0.29, 0.717) is 12.1 Å². The summed E-state index contributed by atoms with van der Waals surface area (Å²) in [5, 5.41) is 5.98. The fourth-order valence-electron chi connectivity index (χ4n) is 3.52. The van der Waals surface area contributed by atoms with Gasteiger partial charge in [0.2, 0.25) is 5.91 Å². The quantitative estimate of drug-likeness (QED) is 0.833. The van der Waals surface area contributed by atoms with Gasteiger partial charge in [-0.2, -0.15) is 5.10 Å². The van der Waals surface area contributed by atoms with Crippen molar-refractivity contribution in [2.75, 3.05) is 11.3 Å². The second kappa shape index (κ2) is 5.81. The predicted molar refractivity (Wildman–Crippen MR) is 96.4 cm³/mol. The van der Waals surface area contributed by atoms with Crippen LogP contribution in [0.4, 0.5) is 5.69 Å². The van der Waals surface area contributed by atoms with Crippen LogP contribution < -0.4 is 5.01 Å². The monoisotopic (exact) mass is 354 g/mol. The first-order valence-electron chi connectivity index (χ1n) is 8.23. The Morgan fingerprint density at radius 1 is 1.12 bits per heavy atom. The molecule has 0 spiro atoms. The Kier molecular flexibility index (Phi) is 3.72. The number of aryl methyl sites for hydroxylation is 1. The molecule has 1 aliphatic heterocycles. The Labute approximate surface area is 146 Å². The Morgan fingerprint density at radius 2 is 1.92 bits per heavy atom. The van der Waals surface area contributed by atoms with Gasteiger partial charge in [-0.15, -0.1) is 0 Å². The van der Waals surface area contributed by atoms with E-state index < -0.39 is 9.84 Å². The van der Waals surface area contributed by atoms with Crippen LogP contribution in [0, 0.1) is 5.92 Å². The number of carbonyl (C=O) groups is 1. The van der Waals surface area contributed by atoms with Crippen LogP contribution in [0.1, 0.15) is 24.0 Å². The van der Waals surface area contributed by atoms with Crippen molar-refractivity contribution in [3.63, 3.8) is 0 Å². The van der Waals surface area contributed by atoms with Gasteiger partial charge in [-0.25, -0.2) is 13.4 Å². The van der Waals surface area contributed by atoms with Gasteiger partial charge >= 0.3 is 0 Å². The van der Waals surface area contributed by atoms with Gasteiger partial charge in [-0.3, -0.25) is 4.79 Å². The molecule has 2 aliphatic rings. The molecule has 128 valence electrons. The van der Waals surface area contributed by atoms with Gasteiger partial charge in [0.15, 0.2) is 9.84 Å². The number of amides is 1. The van der Waals surface area contributed by atoms with Crippen LogP contribution in [-0.2, 0) is 21.1 Å². The van der Waals surface area contributed by atoms with Gasteiger partial charge in [0.25, 0.3) is 0 Å². The minimum Gasteiger partial charge on any atom is -0.273 e. The number of rotatable bonds is 2. The number of hydrogen-bond acceptors (Lipinski definition) is 4. The molecule has 0 aromatic heterocycles. The van der Waals surface area contributed by atoms with Crippen molar-refractivity contribution in [1.29, 1.82) is 0 Å². The summed E-state index contributed by atoms with van der Waals surface area (Å²) >= 11 is 0. The summed E-state index contributed by atoms with van der Waals surface area (Å²) in [7, 11) is -3.34. The lowest BCUT2D eigenvalue weighted by atomic mass is 9.79. The molecule has 2 aromatic rings. The smallest absolute Gasteiger partial charge is 0.248 e. The first-order chi connectivity index (χ1) is 11.9. The third-order valence-corrected chi connectivity index (χ3v) is 5.91. The van der Waals surface area contributed by atoms with Crippen LogP contribution in [-0.4, -0.2) is 26.3 Å². The van der Waals surface area contributed by atoms with Crippen molar-refractivity contribution in [2.24, 2.45) is 11.0 Å². The Bertz CT molecular complexity index is 995. The van der Waals surface area contributed by atoms with Crippen LogP contribution >= 0.6 is 0 Å². The zero-order chi connectivity index (χ0) is 17.6. The lowest BCUT2D eigenvalue weighted by molar-refractivity contribution is -0.119. The summed E-state index contributed by atoms with van der Waals surface area (Å²) in [4.78, 5) is 12.8. The maximum absolute atomic E-state index is 12.6. The fraction of sp³-hybridized carbons (Fsp3) is 0.263. The van der Waals surface area contributed by atoms with E-state index in [1.165, 1.54) is 22.7 Å². The third kappa shape index (κ3) is 2.87. The summed E-state index contributed by atoms with van der Waals surface area (Å²) in [6.07, 6.45) is 3.43. The molecule has 1 unspecified atom stereocenters. The maximum Gasteiger partial charge on any atom is 0.248 e. The lowest BCUT2D eigenvalue weighted by Crippen LogP contribution is -2.39. The summed E-state index contributed by atoms with van der Waals surface area (Å²) < 4.78 is 23.6. The highest BCUT2D eigenvalue weighted by atomic mass is 32.2. The second-order valence-corrected chi connectivity index (χ2v) is 8.57. The summed E-state index contributed by atoms with van der Waals surface area (Å²) in [5.41, 5.74) is 3.75. The van der Waals surface area contributed by atoms with E-state index in [0.717, 1.165) is 30.4 Å². The fourth-order valence-corrected chi connectivity index (χ4v) is 4.18. The Balaban J connectivity index is 1.81. The molecule has 0 bridgehead atoms. The first-order valence-corrected chi connectivity index (χ1v) is 10.1. The van der Waals surface area contributed by atoms with Crippen molar-refractivity contribution in [1.82, 2.24) is 0 Å². The molecule has 0 N–H and O–H groups in total. The predicted octanol–water partition coefficient (Wildman–Crippen LogP) is 2.79. The Hall–Kier alpha value is -2.47. The van der Waals surface area contributed by atoms with Crippen molar-refractivity contribution < 1.29 is 13.2 Å². The highest BCUT2D eigenvalue weighted by Crippen LogP contribution is 2.34. The molecule has 1 atom stereocenters. The third-order valence-electron chi connectivity index (χ3n) is 4.80. The van der Waals surface area contributed by atoms with E-state index in [1.807, 2.05) is 18.2 Å². The molecular weight excluding hydrogens is 336 g/mol. The normalized spacial score (nSPS) is 19.9. The second-order valence-electron chi connectivity index (χ2n) is 6.56. The Morgan fingerprint density at radius 3 is 2.72 bits per heavy atom.